The first kappa shape index (κ1) is 30.2. The summed E-state index contributed by atoms with van der Waals surface area (Å²) in [5.74, 6) is 0. The second-order valence-corrected chi connectivity index (χ2v) is 18.0. The summed E-state index contributed by atoms with van der Waals surface area (Å²) in [6, 6.07) is 17.0. The minimum Gasteiger partial charge on any atom is -0.200 e. The number of benzene rings is 4. The summed E-state index contributed by atoms with van der Waals surface area (Å²) in [6.07, 6.45) is 5.50. The minimum absolute atomic E-state index is 0.176. The number of pyridine rings is 1. The van der Waals surface area contributed by atoms with Crippen molar-refractivity contribution in [3.05, 3.63) is 76.5 Å². The molecule has 0 radical (unpaired) electrons. The Balaban J connectivity index is 1.74. The second kappa shape index (κ2) is 10.1. The summed E-state index contributed by atoms with van der Waals surface area (Å²) in [6.45, 7) is 25.9. The van der Waals surface area contributed by atoms with Gasteiger partial charge in [0.25, 0.3) is 0 Å². The Hall–Kier alpha value is -2.84. The third kappa shape index (κ3) is 5.50. The first-order valence-electron chi connectivity index (χ1n) is 16.1. The van der Waals surface area contributed by atoms with E-state index >= 15 is 0 Å². The number of rotatable bonds is 3. The number of aromatic nitrogens is 1. The molecule has 1 nitrogen and oxygen atoms in total. The van der Waals surface area contributed by atoms with Gasteiger partial charge in [0.1, 0.15) is 7.05 Å². The van der Waals surface area contributed by atoms with Crippen LogP contribution in [0.1, 0.15) is 90.1 Å². The van der Waals surface area contributed by atoms with E-state index in [4.69, 9.17) is 0 Å². The highest BCUT2D eigenvalue weighted by molar-refractivity contribution is 8.00. The molecule has 0 N–H and O–H groups in total. The topological polar surface area (TPSA) is 3.88 Å². The van der Waals surface area contributed by atoms with E-state index in [1.165, 1.54) is 81.2 Å². The molecule has 0 amide bonds. The van der Waals surface area contributed by atoms with E-state index in [0.717, 1.165) is 19.3 Å². The molecule has 1 aromatic heterocycles. The molecule has 5 aromatic rings. The van der Waals surface area contributed by atoms with Gasteiger partial charge in [0.2, 0.25) is 5.69 Å². The zero-order chi connectivity index (χ0) is 31.2. The lowest BCUT2D eigenvalue weighted by Gasteiger charge is -2.29. The average Bonchev–Trinajstić information content (AvgIpc) is 2.87. The third-order valence-electron chi connectivity index (χ3n) is 8.96. The molecule has 224 valence electrons. The van der Waals surface area contributed by atoms with Crippen LogP contribution in [0.5, 0.6) is 0 Å². The van der Waals surface area contributed by atoms with Gasteiger partial charge in [0, 0.05) is 21.2 Å². The lowest BCUT2D eigenvalue weighted by atomic mass is 9.81. The molecule has 0 aliphatic carbocycles. The van der Waals surface area contributed by atoms with Crippen molar-refractivity contribution in [3.8, 4) is 11.3 Å². The molecule has 0 saturated heterocycles. The lowest BCUT2D eigenvalue weighted by Crippen LogP contribution is -2.32. The van der Waals surface area contributed by atoms with Crippen molar-refractivity contribution in [2.45, 2.75) is 105 Å². The largest absolute Gasteiger partial charge is 0.222 e. The molecular weight excluding hydrogens is 539 g/mol. The van der Waals surface area contributed by atoms with Crippen LogP contribution in [0.4, 0.5) is 0 Å². The maximum absolute atomic E-state index is 2.54. The van der Waals surface area contributed by atoms with Gasteiger partial charge in [0.05, 0.1) is 10.9 Å². The Morgan fingerprint density at radius 2 is 1.33 bits per heavy atom. The van der Waals surface area contributed by atoms with E-state index in [9.17, 15) is 0 Å². The molecule has 2 heteroatoms. The van der Waals surface area contributed by atoms with Crippen molar-refractivity contribution in [1.29, 1.82) is 0 Å². The zero-order valence-electron chi connectivity index (χ0n) is 28.6. The summed E-state index contributed by atoms with van der Waals surface area (Å²) >= 11 is 2.03. The number of aryl methyl sites for hydroxylation is 3. The Morgan fingerprint density at radius 1 is 0.651 bits per heavy atom. The van der Waals surface area contributed by atoms with E-state index in [2.05, 4.69) is 136 Å². The molecule has 0 fully saturated rings. The number of hydrogen-bond donors (Lipinski definition) is 0. The van der Waals surface area contributed by atoms with Gasteiger partial charge in [-0.15, -0.1) is 0 Å². The van der Waals surface area contributed by atoms with Crippen LogP contribution >= 0.6 is 11.8 Å². The highest BCUT2D eigenvalue weighted by Gasteiger charge is 2.34. The zero-order valence-corrected chi connectivity index (χ0v) is 29.4. The van der Waals surface area contributed by atoms with Gasteiger partial charge in [-0.05, 0) is 105 Å². The SMILES string of the molecule is Cc1c2c(c(CC(C)(C)C)c3ccc(CC(C)(C)C)cc13)Sc1cc3c(CC(C)(C)C)ccc(C)c3c3cc[n+](C)c-2c13. The summed E-state index contributed by atoms with van der Waals surface area (Å²) in [7, 11) is 2.24. The van der Waals surface area contributed by atoms with Gasteiger partial charge >= 0.3 is 0 Å². The van der Waals surface area contributed by atoms with E-state index in [1.807, 2.05) is 11.8 Å². The first-order valence-corrected chi connectivity index (χ1v) is 16.9. The average molecular weight is 589 g/mol. The van der Waals surface area contributed by atoms with Crippen molar-refractivity contribution in [1.82, 2.24) is 0 Å². The Bertz CT molecular complexity index is 1940. The maximum atomic E-state index is 2.54. The summed E-state index contributed by atoms with van der Waals surface area (Å²) in [4.78, 5) is 2.86. The lowest BCUT2D eigenvalue weighted by molar-refractivity contribution is -0.659. The predicted molar refractivity (Wildman–Crippen MR) is 189 cm³/mol. The highest BCUT2D eigenvalue weighted by Crippen LogP contribution is 2.54. The normalized spacial score (nSPS) is 13.8. The van der Waals surface area contributed by atoms with Crippen molar-refractivity contribution < 1.29 is 4.57 Å². The van der Waals surface area contributed by atoms with Gasteiger partial charge in [-0.3, -0.25) is 0 Å². The van der Waals surface area contributed by atoms with Crippen molar-refractivity contribution in [2.24, 2.45) is 23.3 Å². The molecule has 1 aliphatic rings. The van der Waals surface area contributed by atoms with Crippen molar-refractivity contribution in [3.63, 3.8) is 0 Å². The molecule has 4 aromatic carbocycles. The molecule has 43 heavy (non-hydrogen) atoms. The van der Waals surface area contributed by atoms with Crippen LogP contribution in [-0.4, -0.2) is 0 Å². The highest BCUT2D eigenvalue weighted by atomic mass is 32.2. The number of hydrogen-bond acceptors (Lipinski definition) is 1. The van der Waals surface area contributed by atoms with E-state index in [0.29, 0.717) is 0 Å². The third-order valence-corrected chi connectivity index (χ3v) is 10.2. The Kier molecular flexibility index (Phi) is 7.09. The molecule has 0 unspecified atom stereocenters. The molecule has 1 aliphatic heterocycles. The van der Waals surface area contributed by atoms with Crippen LogP contribution in [-0.2, 0) is 26.3 Å². The predicted octanol–water partition coefficient (Wildman–Crippen LogP) is 11.5. The maximum Gasteiger partial charge on any atom is 0.222 e. The fourth-order valence-electron chi connectivity index (χ4n) is 7.39. The van der Waals surface area contributed by atoms with E-state index < -0.39 is 0 Å². The molecule has 0 saturated carbocycles. The summed E-state index contributed by atoms with van der Waals surface area (Å²) in [5.41, 5.74) is 10.7. The van der Waals surface area contributed by atoms with E-state index in [-0.39, 0.29) is 16.2 Å². The van der Waals surface area contributed by atoms with Crippen LogP contribution in [0, 0.1) is 30.1 Å². The van der Waals surface area contributed by atoms with Gasteiger partial charge in [-0.25, -0.2) is 4.57 Å². The minimum atomic E-state index is 0.176. The van der Waals surface area contributed by atoms with Crippen molar-refractivity contribution in [2.75, 3.05) is 0 Å². The van der Waals surface area contributed by atoms with Gasteiger partial charge in [0.15, 0.2) is 6.20 Å². The Morgan fingerprint density at radius 3 is 1.98 bits per heavy atom. The number of nitrogens with zero attached hydrogens (tertiary/aromatic N) is 1. The first-order chi connectivity index (χ1) is 19.9. The Labute approximate surface area is 264 Å². The molecule has 2 heterocycles. The quantitative estimate of drug-likeness (QED) is 0.147. The standard InChI is InChI=1S/C41H50NS/c1-24-13-15-27(22-40(6,7)8)31-20-33-36-29(34(24)31)17-18-42(12)37(36)35-25(2)30-19-26(21-39(3,4)5)14-16-28(30)32(38(35)43-33)23-41(9,10)11/h13-20H,21-23H2,1-12H3/q+1. The number of fused-ring (bicyclic) bond motifs is 5. The molecule has 0 atom stereocenters. The molecular formula is C41H50NS+. The van der Waals surface area contributed by atoms with Gasteiger partial charge in [-0.2, -0.15) is 0 Å². The summed E-state index contributed by atoms with van der Waals surface area (Å²) in [5, 5.41) is 8.51. The van der Waals surface area contributed by atoms with Crippen LogP contribution in [0.2, 0.25) is 0 Å². The second-order valence-electron chi connectivity index (χ2n) is 16.9. The smallest absolute Gasteiger partial charge is 0.200 e. The van der Waals surface area contributed by atoms with Gasteiger partial charge in [-0.1, -0.05) is 104 Å². The molecule has 0 bridgehead atoms. The molecule has 0 spiro atoms. The van der Waals surface area contributed by atoms with E-state index in [1.54, 1.807) is 0 Å². The summed E-state index contributed by atoms with van der Waals surface area (Å²) < 4.78 is 2.39. The van der Waals surface area contributed by atoms with Crippen LogP contribution in [0.25, 0.3) is 43.6 Å². The van der Waals surface area contributed by atoms with Crippen LogP contribution in [0.3, 0.4) is 0 Å². The van der Waals surface area contributed by atoms with Gasteiger partial charge < -0.3 is 0 Å². The fraction of sp³-hybridized carbons (Fsp3) is 0.439. The van der Waals surface area contributed by atoms with Crippen LogP contribution < -0.4 is 4.57 Å². The van der Waals surface area contributed by atoms with Crippen molar-refractivity contribution >= 4 is 44.1 Å². The van der Waals surface area contributed by atoms with Crippen LogP contribution in [0.15, 0.2) is 58.5 Å². The molecule has 6 rings (SSSR count). The monoisotopic (exact) mass is 588 g/mol. The fourth-order valence-corrected chi connectivity index (χ4v) is 8.75.